The maximum Gasteiger partial charge on any atom is 0.335 e. The van der Waals surface area contributed by atoms with Crippen LogP contribution in [-0.2, 0) is 6.61 Å². The predicted octanol–water partition coefficient (Wildman–Crippen LogP) is 5.46. The molecular formula is C28H26BrN3O6. The van der Waals surface area contributed by atoms with Gasteiger partial charge in [-0.05, 0) is 48.0 Å². The van der Waals surface area contributed by atoms with Gasteiger partial charge in [0.2, 0.25) is 5.75 Å². The fourth-order valence-corrected chi connectivity index (χ4v) is 4.15. The number of hydrogen-bond acceptors (Lipinski definition) is 7. The third kappa shape index (κ3) is 5.70. The first-order chi connectivity index (χ1) is 18.2. The maximum absolute atomic E-state index is 13.3. The van der Waals surface area contributed by atoms with Crippen molar-refractivity contribution in [3.63, 3.8) is 0 Å². The number of fused-ring (bicyclic) bond motifs is 1. The summed E-state index contributed by atoms with van der Waals surface area (Å²) in [4.78, 5) is 29.0. The fraction of sp³-hybridized carbons (Fsp3) is 0.214. The predicted molar refractivity (Wildman–Crippen MR) is 148 cm³/mol. The molecule has 4 rings (SSSR count). The van der Waals surface area contributed by atoms with E-state index in [4.69, 9.17) is 19.3 Å². The van der Waals surface area contributed by atoms with E-state index in [0.29, 0.717) is 39.5 Å². The van der Waals surface area contributed by atoms with Gasteiger partial charge in [-0.2, -0.15) is 9.78 Å². The Morgan fingerprint density at radius 3 is 2.32 bits per heavy atom. The topological polar surface area (TPSA) is 112 Å². The highest BCUT2D eigenvalue weighted by molar-refractivity contribution is 9.10. The van der Waals surface area contributed by atoms with Crippen LogP contribution in [0.15, 0.2) is 69.0 Å². The van der Waals surface area contributed by atoms with Crippen molar-refractivity contribution in [1.29, 1.82) is 0 Å². The number of rotatable bonds is 9. The Labute approximate surface area is 227 Å². The number of aromatic nitrogens is 2. The number of carboxylic acid groups (broad SMARTS) is 1. The van der Waals surface area contributed by atoms with E-state index < -0.39 is 5.97 Å². The van der Waals surface area contributed by atoms with E-state index in [9.17, 15) is 9.59 Å². The van der Waals surface area contributed by atoms with Gasteiger partial charge in [-0.15, -0.1) is 0 Å². The third-order valence-corrected chi connectivity index (χ3v) is 6.23. The van der Waals surface area contributed by atoms with E-state index >= 15 is 0 Å². The largest absolute Gasteiger partial charge is 0.493 e. The zero-order valence-electron chi connectivity index (χ0n) is 21.3. The molecule has 0 bridgehead atoms. The normalized spacial score (nSPS) is 11.3. The van der Waals surface area contributed by atoms with Crippen LogP contribution in [0.4, 0.5) is 0 Å². The molecule has 0 radical (unpaired) electrons. The van der Waals surface area contributed by atoms with Gasteiger partial charge < -0.3 is 19.3 Å². The van der Waals surface area contributed by atoms with Crippen molar-refractivity contribution in [3.05, 3.63) is 91.9 Å². The first kappa shape index (κ1) is 26.9. The summed E-state index contributed by atoms with van der Waals surface area (Å²) < 4.78 is 19.1. The number of carbonyl (C=O) groups is 1. The molecule has 1 N–H and O–H groups in total. The summed E-state index contributed by atoms with van der Waals surface area (Å²) in [7, 11) is 3.02. The Morgan fingerprint density at radius 2 is 1.74 bits per heavy atom. The van der Waals surface area contributed by atoms with E-state index in [1.54, 1.807) is 36.4 Å². The van der Waals surface area contributed by atoms with Crippen molar-refractivity contribution < 1.29 is 24.1 Å². The number of halogens is 1. The number of carboxylic acids is 1. The summed E-state index contributed by atoms with van der Waals surface area (Å²) in [5.74, 6) is 0.695. The van der Waals surface area contributed by atoms with Crippen LogP contribution in [0, 0.1) is 0 Å². The molecule has 0 aliphatic carbocycles. The first-order valence-corrected chi connectivity index (χ1v) is 12.5. The standard InChI is InChI=1S/C28H26BrN3O6/c1-16(2)26-31-22-10-9-20(29)13-21(22)27(33)32(26)30-14-18-11-23(36-3)25(24(12-18)37-4)38-15-17-5-7-19(8-6-17)28(34)35/h5-14,16H,15H2,1-4H3,(H,34,35). The van der Waals surface area contributed by atoms with Gasteiger partial charge >= 0.3 is 5.97 Å². The molecule has 10 heteroatoms. The summed E-state index contributed by atoms with van der Waals surface area (Å²) in [5, 5.41) is 14.0. The SMILES string of the molecule is COc1cc(C=Nn2c(C(C)C)nc3ccc(Br)cc3c2=O)cc(OC)c1OCc1ccc(C(=O)O)cc1. The van der Waals surface area contributed by atoms with Crippen LogP contribution in [0.3, 0.4) is 0 Å². The van der Waals surface area contributed by atoms with Gasteiger partial charge in [0.05, 0.1) is 36.9 Å². The van der Waals surface area contributed by atoms with Gasteiger partial charge in [0.15, 0.2) is 11.5 Å². The lowest BCUT2D eigenvalue weighted by molar-refractivity contribution is 0.0697. The Morgan fingerprint density at radius 1 is 1.08 bits per heavy atom. The average Bonchev–Trinajstić information content (AvgIpc) is 2.91. The minimum Gasteiger partial charge on any atom is -0.493 e. The number of benzene rings is 3. The Kier molecular flexibility index (Phi) is 8.11. The molecule has 0 saturated heterocycles. The molecule has 1 heterocycles. The molecule has 196 valence electrons. The van der Waals surface area contributed by atoms with Gasteiger partial charge in [-0.3, -0.25) is 4.79 Å². The Balaban J connectivity index is 1.67. The minimum absolute atomic E-state index is 0.0442. The molecule has 0 saturated carbocycles. The highest BCUT2D eigenvalue weighted by Gasteiger charge is 2.16. The number of hydrogen-bond donors (Lipinski definition) is 1. The zero-order valence-corrected chi connectivity index (χ0v) is 22.9. The quantitative estimate of drug-likeness (QED) is 0.262. The zero-order chi connectivity index (χ0) is 27.4. The van der Waals surface area contributed by atoms with Crippen LogP contribution < -0.4 is 19.8 Å². The van der Waals surface area contributed by atoms with E-state index in [0.717, 1.165) is 10.0 Å². The lowest BCUT2D eigenvalue weighted by atomic mass is 10.1. The number of ether oxygens (including phenoxy) is 3. The van der Waals surface area contributed by atoms with E-state index in [1.807, 2.05) is 19.9 Å². The summed E-state index contributed by atoms with van der Waals surface area (Å²) >= 11 is 3.41. The number of aromatic carboxylic acids is 1. The molecule has 3 aromatic carbocycles. The average molecular weight is 580 g/mol. The van der Waals surface area contributed by atoms with Gasteiger partial charge in [0.25, 0.3) is 5.56 Å². The summed E-state index contributed by atoms with van der Waals surface area (Å²) in [6.07, 6.45) is 1.54. The minimum atomic E-state index is -0.992. The van der Waals surface area contributed by atoms with Gasteiger partial charge in [-0.25, -0.2) is 9.78 Å². The van der Waals surface area contributed by atoms with Gasteiger partial charge in [0, 0.05) is 16.0 Å². The van der Waals surface area contributed by atoms with Crippen LogP contribution in [0.25, 0.3) is 10.9 Å². The summed E-state index contributed by atoms with van der Waals surface area (Å²) in [6.45, 7) is 4.07. The van der Waals surface area contributed by atoms with Crippen molar-refractivity contribution in [1.82, 2.24) is 9.66 Å². The molecule has 0 atom stereocenters. The van der Waals surface area contributed by atoms with E-state index in [-0.39, 0.29) is 23.6 Å². The second kappa shape index (κ2) is 11.5. The number of nitrogens with zero attached hydrogens (tertiary/aromatic N) is 3. The molecule has 0 aliphatic rings. The smallest absolute Gasteiger partial charge is 0.335 e. The molecule has 0 spiro atoms. The summed E-state index contributed by atoms with van der Waals surface area (Å²) in [5.41, 5.74) is 1.93. The molecule has 9 nitrogen and oxygen atoms in total. The Hall–Kier alpha value is -4.18. The molecule has 0 amide bonds. The lowest BCUT2D eigenvalue weighted by Gasteiger charge is -2.16. The van der Waals surface area contributed by atoms with Gasteiger partial charge in [0.1, 0.15) is 12.4 Å². The molecule has 1 aromatic heterocycles. The summed E-state index contributed by atoms with van der Waals surface area (Å²) in [6, 6.07) is 15.2. The molecule has 0 fully saturated rings. The third-order valence-electron chi connectivity index (χ3n) is 5.74. The molecule has 4 aromatic rings. The second-order valence-corrected chi connectivity index (χ2v) is 9.61. The second-order valence-electron chi connectivity index (χ2n) is 8.69. The van der Waals surface area contributed by atoms with Crippen molar-refractivity contribution in [2.45, 2.75) is 26.4 Å². The van der Waals surface area contributed by atoms with Crippen molar-refractivity contribution in [2.24, 2.45) is 5.10 Å². The molecule has 0 aliphatic heterocycles. The van der Waals surface area contributed by atoms with Crippen LogP contribution in [0.1, 0.15) is 47.1 Å². The van der Waals surface area contributed by atoms with Crippen molar-refractivity contribution in [3.8, 4) is 17.2 Å². The highest BCUT2D eigenvalue weighted by Crippen LogP contribution is 2.38. The van der Waals surface area contributed by atoms with Crippen LogP contribution >= 0.6 is 15.9 Å². The van der Waals surface area contributed by atoms with E-state index in [2.05, 4.69) is 26.0 Å². The van der Waals surface area contributed by atoms with Gasteiger partial charge in [-0.1, -0.05) is 41.9 Å². The monoisotopic (exact) mass is 579 g/mol. The highest BCUT2D eigenvalue weighted by atomic mass is 79.9. The Bertz CT molecular complexity index is 1550. The number of methoxy groups -OCH3 is 2. The van der Waals surface area contributed by atoms with Crippen LogP contribution in [-0.4, -0.2) is 41.2 Å². The van der Waals surface area contributed by atoms with Crippen molar-refractivity contribution in [2.75, 3.05) is 14.2 Å². The molecule has 38 heavy (non-hydrogen) atoms. The fourth-order valence-electron chi connectivity index (χ4n) is 3.79. The molecule has 0 unspecified atom stereocenters. The molecular weight excluding hydrogens is 554 g/mol. The maximum atomic E-state index is 13.3. The van der Waals surface area contributed by atoms with Crippen molar-refractivity contribution >= 4 is 39.0 Å². The van der Waals surface area contributed by atoms with E-state index in [1.165, 1.54) is 37.2 Å². The van der Waals surface area contributed by atoms with Crippen LogP contribution in [0.2, 0.25) is 0 Å². The van der Waals surface area contributed by atoms with Crippen LogP contribution in [0.5, 0.6) is 17.2 Å². The first-order valence-electron chi connectivity index (χ1n) is 11.7. The lowest BCUT2D eigenvalue weighted by Crippen LogP contribution is -2.23.